The first-order chi connectivity index (χ1) is 10.4. The number of rotatable bonds is 7. The largest absolute Gasteiger partial charge is 0.491 e. The van der Waals surface area contributed by atoms with Gasteiger partial charge in [0.15, 0.2) is 0 Å². The summed E-state index contributed by atoms with van der Waals surface area (Å²) in [5, 5.41) is 3.71. The lowest BCUT2D eigenvalue weighted by molar-refractivity contribution is 0.0657. The molecule has 0 radical (unpaired) electrons. The van der Waals surface area contributed by atoms with E-state index in [0.717, 1.165) is 24.5 Å². The van der Waals surface area contributed by atoms with Crippen LogP contribution in [0.15, 0.2) is 18.2 Å². The number of ether oxygens (including phenoxy) is 2. The number of benzene rings is 1. The molecule has 1 atom stereocenters. The van der Waals surface area contributed by atoms with Crippen molar-refractivity contribution in [2.75, 3.05) is 6.54 Å². The van der Waals surface area contributed by atoms with Gasteiger partial charge in [0.25, 0.3) is 0 Å². The lowest BCUT2D eigenvalue weighted by Crippen LogP contribution is -2.39. The minimum absolute atomic E-state index is 0.129. The van der Waals surface area contributed by atoms with Crippen molar-refractivity contribution in [2.45, 2.75) is 78.0 Å². The Morgan fingerprint density at radius 1 is 1.32 bits per heavy atom. The van der Waals surface area contributed by atoms with Crippen molar-refractivity contribution in [1.29, 1.82) is 0 Å². The van der Waals surface area contributed by atoms with Gasteiger partial charge in [-0.1, -0.05) is 19.8 Å². The molecule has 1 aliphatic heterocycles. The molecule has 1 unspecified atom stereocenters. The zero-order valence-corrected chi connectivity index (χ0v) is 14.7. The second kappa shape index (κ2) is 7.36. The first kappa shape index (κ1) is 17.1. The summed E-state index contributed by atoms with van der Waals surface area (Å²) in [5.41, 5.74) is 1.10. The van der Waals surface area contributed by atoms with Crippen LogP contribution in [0.5, 0.6) is 11.5 Å². The van der Waals surface area contributed by atoms with Crippen LogP contribution in [0.4, 0.5) is 0 Å². The van der Waals surface area contributed by atoms with Gasteiger partial charge in [-0.3, -0.25) is 0 Å². The second-order valence-electron chi connectivity index (χ2n) is 7.15. The van der Waals surface area contributed by atoms with Crippen molar-refractivity contribution in [2.24, 2.45) is 0 Å². The Hall–Kier alpha value is -1.22. The smallest absolute Gasteiger partial charge is 0.125 e. The van der Waals surface area contributed by atoms with Gasteiger partial charge in [0, 0.05) is 18.0 Å². The van der Waals surface area contributed by atoms with Crippen LogP contribution in [0.25, 0.3) is 0 Å². The molecule has 124 valence electrons. The van der Waals surface area contributed by atoms with Crippen molar-refractivity contribution in [3.8, 4) is 11.5 Å². The first-order valence-electron chi connectivity index (χ1n) is 8.64. The molecule has 2 rings (SSSR count). The number of fused-ring (bicyclic) bond motifs is 1. The van der Waals surface area contributed by atoms with E-state index in [1.165, 1.54) is 24.8 Å². The van der Waals surface area contributed by atoms with Crippen LogP contribution >= 0.6 is 0 Å². The predicted molar refractivity (Wildman–Crippen MR) is 91.8 cm³/mol. The fourth-order valence-corrected chi connectivity index (χ4v) is 3.01. The summed E-state index contributed by atoms with van der Waals surface area (Å²) in [6.45, 7) is 11.7. The third-order valence-electron chi connectivity index (χ3n) is 3.98. The SMILES string of the molecule is CCCCCNC1CC(C)(C)Oc2ccc(OC(C)C)cc21. The van der Waals surface area contributed by atoms with Gasteiger partial charge >= 0.3 is 0 Å². The molecular formula is C19H31NO2. The van der Waals surface area contributed by atoms with E-state index in [0.29, 0.717) is 6.04 Å². The van der Waals surface area contributed by atoms with E-state index in [1.54, 1.807) is 0 Å². The molecule has 0 amide bonds. The molecule has 1 aromatic carbocycles. The van der Waals surface area contributed by atoms with E-state index in [1.807, 2.05) is 6.07 Å². The fraction of sp³-hybridized carbons (Fsp3) is 0.684. The van der Waals surface area contributed by atoms with Gasteiger partial charge in [-0.05, 0) is 58.9 Å². The minimum atomic E-state index is -0.129. The Kier molecular flexibility index (Phi) is 5.74. The Bertz CT molecular complexity index is 482. The highest BCUT2D eigenvalue weighted by Gasteiger charge is 2.33. The predicted octanol–water partition coefficient (Wildman–Crippen LogP) is 4.86. The molecule has 1 N–H and O–H groups in total. The van der Waals surface area contributed by atoms with Crippen molar-refractivity contribution in [3.63, 3.8) is 0 Å². The Morgan fingerprint density at radius 2 is 2.09 bits per heavy atom. The zero-order chi connectivity index (χ0) is 16.2. The van der Waals surface area contributed by atoms with Crippen LogP contribution in [0, 0.1) is 0 Å². The van der Waals surface area contributed by atoms with Crippen molar-refractivity contribution < 1.29 is 9.47 Å². The zero-order valence-electron chi connectivity index (χ0n) is 14.7. The Labute approximate surface area is 135 Å². The summed E-state index contributed by atoms with van der Waals surface area (Å²) < 4.78 is 12.0. The van der Waals surface area contributed by atoms with Crippen LogP contribution in [0.2, 0.25) is 0 Å². The van der Waals surface area contributed by atoms with E-state index < -0.39 is 0 Å². The molecule has 1 heterocycles. The van der Waals surface area contributed by atoms with Gasteiger partial charge in [0.1, 0.15) is 17.1 Å². The maximum absolute atomic E-state index is 6.14. The van der Waals surface area contributed by atoms with E-state index >= 15 is 0 Å². The van der Waals surface area contributed by atoms with Crippen molar-refractivity contribution in [3.05, 3.63) is 23.8 Å². The molecule has 1 aliphatic rings. The van der Waals surface area contributed by atoms with Crippen LogP contribution in [-0.2, 0) is 0 Å². The first-order valence-corrected chi connectivity index (χ1v) is 8.64. The number of unbranched alkanes of at least 4 members (excludes halogenated alkanes) is 2. The maximum Gasteiger partial charge on any atom is 0.125 e. The van der Waals surface area contributed by atoms with Crippen LogP contribution in [-0.4, -0.2) is 18.2 Å². The molecule has 0 aliphatic carbocycles. The third kappa shape index (κ3) is 4.64. The number of hydrogen-bond donors (Lipinski definition) is 1. The summed E-state index contributed by atoms with van der Waals surface area (Å²) in [6, 6.07) is 6.54. The molecule has 22 heavy (non-hydrogen) atoms. The van der Waals surface area contributed by atoms with Crippen LogP contribution in [0.1, 0.15) is 71.9 Å². The van der Waals surface area contributed by atoms with Crippen LogP contribution in [0.3, 0.4) is 0 Å². The van der Waals surface area contributed by atoms with Crippen molar-refractivity contribution >= 4 is 0 Å². The normalized spacial score (nSPS) is 19.6. The molecule has 3 nitrogen and oxygen atoms in total. The van der Waals surface area contributed by atoms with Gasteiger partial charge in [0.05, 0.1) is 6.10 Å². The summed E-state index contributed by atoms with van der Waals surface area (Å²) in [5.74, 6) is 1.91. The maximum atomic E-state index is 6.14. The molecule has 3 heteroatoms. The average molecular weight is 305 g/mol. The monoisotopic (exact) mass is 305 g/mol. The molecule has 1 aromatic rings. The molecule has 0 fully saturated rings. The standard InChI is InChI=1S/C19H31NO2/c1-6-7-8-11-20-17-13-19(4,5)22-18-10-9-15(12-16(17)18)21-14(2)3/h9-10,12,14,17,20H,6-8,11,13H2,1-5H3. The van der Waals surface area contributed by atoms with E-state index in [4.69, 9.17) is 9.47 Å². The summed E-state index contributed by atoms with van der Waals surface area (Å²) >= 11 is 0. The quantitative estimate of drug-likeness (QED) is 0.730. The van der Waals surface area contributed by atoms with E-state index in [9.17, 15) is 0 Å². The Balaban J connectivity index is 2.15. The number of nitrogens with one attached hydrogen (secondary N) is 1. The van der Waals surface area contributed by atoms with Gasteiger partial charge < -0.3 is 14.8 Å². The highest BCUT2D eigenvalue weighted by atomic mass is 16.5. The highest BCUT2D eigenvalue weighted by Crippen LogP contribution is 2.41. The Morgan fingerprint density at radius 3 is 2.77 bits per heavy atom. The minimum Gasteiger partial charge on any atom is -0.491 e. The summed E-state index contributed by atoms with van der Waals surface area (Å²) in [6.07, 6.45) is 4.94. The number of hydrogen-bond acceptors (Lipinski definition) is 3. The molecule has 0 saturated carbocycles. The summed E-state index contributed by atoms with van der Waals surface area (Å²) in [4.78, 5) is 0. The molecule has 0 saturated heterocycles. The average Bonchev–Trinajstić information content (AvgIpc) is 2.42. The lowest BCUT2D eigenvalue weighted by Gasteiger charge is -2.38. The van der Waals surface area contributed by atoms with Gasteiger partial charge in [-0.25, -0.2) is 0 Å². The molecule has 0 aromatic heterocycles. The molecule has 0 bridgehead atoms. The van der Waals surface area contributed by atoms with E-state index in [-0.39, 0.29) is 11.7 Å². The van der Waals surface area contributed by atoms with Gasteiger partial charge in [0.2, 0.25) is 0 Å². The third-order valence-corrected chi connectivity index (χ3v) is 3.98. The molecular weight excluding hydrogens is 274 g/mol. The lowest BCUT2D eigenvalue weighted by atomic mass is 9.89. The van der Waals surface area contributed by atoms with Crippen molar-refractivity contribution in [1.82, 2.24) is 5.32 Å². The van der Waals surface area contributed by atoms with Gasteiger partial charge in [-0.2, -0.15) is 0 Å². The van der Waals surface area contributed by atoms with E-state index in [2.05, 4.69) is 52.1 Å². The van der Waals surface area contributed by atoms with Gasteiger partial charge in [-0.15, -0.1) is 0 Å². The topological polar surface area (TPSA) is 30.5 Å². The highest BCUT2D eigenvalue weighted by molar-refractivity contribution is 5.44. The second-order valence-corrected chi connectivity index (χ2v) is 7.15. The van der Waals surface area contributed by atoms with Crippen LogP contribution < -0.4 is 14.8 Å². The fourth-order valence-electron chi connectivity index (χ4n) is 3.01. The summed E-state index contributed by atoms with van der Waals surface area (Å²) in [7, 11) is 0. The molecule has 0 spiro atoms.